The van der Waals surface area contributed by atoms with Crippen molar-refractivity contribution in [3.8, 4) is 28.6 Å². The monoisotopic (exact) mass is 332 g/mol. The summed E-state index contributed by atoms with van der Waals surface area (Å²) in [6.45, 7) is 2.25. The molecule has 2 aromatic rings. The molecule has 0 spiro atoms. The molecule has 0 amide bonds. The van der Waals surface area contributed by atoms with Gasteiger partial charge in [-0.1, -0.05) is 0 Å². The van der Waals surface area contributed by atoms with Crippen molar-refractivity contribution in [1.29, 1.82) is 0 Å². The number of ether oxygens (including phenoxy) is 5. The van der Waals surface area contributed by atoms with Crippen molar-refractivity contribution in [3.05, 3.63) is 24.5 Å². The van der Waals surface area contributed by atoms with Crippen molar-refractivity contribution in [1.82, 2.24) is 9.55 Å². The molecule has 2 aliphatic rings. The molecule has 0 saturated carbocycles. The van der Waals surface area contributed by atoms with Crippen molar-refractivity contribution in [2.24, 2.45) is 0 Å². The standard InChI is InChI=1S/C17H20N2O5/c1-20-13-8-15-14(23-5-6-24-15)7-11(13)17-18-3-4-19(17)12-9-22-10-16(12)21-2/h3-4,7-8,12,16H,5-6,9-10H2,1-2H3/t12-,16+/m0/s1. The molecule has 128 valence electrons. The second-order valence-corrected chi connectivity index (χ2v) is 5.73. The van der Waals surface area contributed by atoms with E-state index in [0.717, 1.165) is 11.4 Å². The number of nitrogens with zero attached hydrogens (tertiary/aromatic N) is 2. The number of fused-ring (bicyclic) bond motifs is 1. The van der Waals surface area contributed by atoms with E-state index in [-0.39, 0.29) is 12.1 Å². The molecule has 4 rings (SSSR count). The summed E-state index contributed by atoms with van der Waals surface area (Å²) in [6, 6.07) is 3.84. The van der Waals surface area contributed by atoms with E-state index in [2.05, 4.69) is 9.55 Å². The second kappa shape index (κ2) is 6.33. The lowest BCUT2D eigenvalue weighted by atomic mass is 10.1. The van der Waals surface area contributed by atoms with Gasteiger partial charge in [-0.2, -0.15) is 0 Å². The third-order valence-electron chi connectivity index (χ3n) is 4.43. The SMILES string of the molecule is COc1cc2c(cc1-c1nccn1[C@H]1COC[C@H]1OC)OCCO2. The molecule has 7 heteroatoms. The Balaban J connectivity index is 1.78. The van der Waals surface area contributed by atoms with Gasteiger partial charge in [-0.15, -0.1) is 0 Å². The number of imidazole rings is 1. The number of rotatable bonds is 4. The number of aromatic nitrogens is 2. The van der Waals surface area contributed by atoms with Crippen LogP contribution in [0.25, 0.3) is 11.4 Å². The first-order valence-electron chi connectivity index (χ1n) is 7.93. The molecule has 24 heavy (non-hydrogen) atoms. The van der Waals surface area contributed by atoms with E-state index in [1.165, 1.54) is 0 Å². The minimum Gasteiger partial charge on any atom is -0.496 e. The fraction of sp³-hybridized carbons (Fsp3) is 0.471. The molecule has 0 bridgehead atoms. The Morgan fingerprint density at radius 3 is 2.67 bits per heavy atom. The maximum Gasteiger partial charge on any atom is 0.165 e. The third-order valence-corrected chi connectivity index (χ3v) is 4.43. The van der Waals surface area contributed by atoms with E-state index in [4.69, 9.17) is 23.7 Å². The molecule has 7 nitrogen and oxygen atoms in total. The Hall–Kier alpha value is -2.25. The summed E-state index contributed by atoms with van der Waals surface area (Å²) in [5.41, 5.74) is 0.855. The van der Waals surface area contributed by atoms with Crippen LogP contribution in [0.15, 0.2) is 24.5 Å². The lowest BCUT2D eigenvalue weighted by Gasteiger charge is -2.23. The first-order valence-corrected chi connectivity index (χ1v) is 7.93. The highest BCUT2D eigenvalue weighted by Gasteiger charge is 2.32. The first kappa shape index (κ1) is 15.3. The van der Waals surface area contributed by atoms with E-state index in [1.807, 2.05) is 18.3 Å². The third kappa shape index (κ3) is 2.50. The van der Waals surface area contributed by atoms with Crippen LogP contribution in [0.1, 0.15) is 6.04 Å². The minimum absolute atomic E-state index is 0.00107. The van der Waals surface area contributed by atoms with E-state index in [9.17, 15) is 0 Å². The van der Waals surface area contributed by atoms with Gasteiger partial charge in [0.1, 0.15) is 30.9 Å². The van der Waals surface area contributed by atoms with E-state index in [0.29, 0.717) is 43.7 Å². The highest BCUT2D eigenvalue weighted by Crippen LogP contribution is 2.42. The van der Waals surface area contributed by atoms with Gasteiger partial charge in [0.25, 0.3) is 0 Å². The molecule has 0 N–H and O–H groups in total. The van der Waals surface area contributed by atoms with Crippen LogP contribution in [0.5, 0.6) is 17.2 Å². The van der Waals surface area contributed by atoms with Crippen molar-refractivity contribution in [2.45, 2.75) is 12.1 Å². The van der Waals surface area contributed by atoms with Crippen LogP contribution in [-0.2, 0) is 9.47 Å². The zero-order valence-corrected chi connectivity index (χ0v) is 13.7. The lowest BCUT2D eigenvalue weighted by Crippen LogP contribution is -2.24. The van der Waals surface area contributed by atoms with Gasteiger partial charge >= 0.3 is 0 Å². The van der Waals surface area contributed by atoms with Gasteiger partial charge in [-0.3, -0.25) is 0 Å². The summed E-state index contributed by atoms with van der Waals surface area (Å²) in [5, 5.41) is 0. The molecule has 2 atom stereocenters. The van der Waals surface area contributed by atoms with Gasteiger partial charge in [0.05, 0.1) is 31.9 Å². The van der Waals surface area contributed by atoms with Crippen molar-refractivity contribution < 1.29 is 23.7 Å². The van der Waals surface area contributed by atoms with Gasteiger partial charge in [-0.05, 0) is 6.07 Å². The molecule has 1 aromatic heterocycles. The Morgan fingerprint density at radius 1 is 1.12 bits per heavy atom. The fourth-order valence-electron chi connectivity index (χ4n) is 3.21. The topological polar surface area (TPSA) is 64.0 Å². The molecule has 1 fully saturated rings. The highest BCUT2D eigenvalue weighted by atomic mass is 16.6. The molecular weight excluding hydrogens is 312 g/mol. The Labute approximate surface area is 140 Å². The summed E-state index contributed by atoms with van der Waals surface area (Å²) < 4.78 is 30.1. The molecule has 1 aromatic carbocycles. The molecule has 0 radical (unpaired) electrons. The Kier molecular flexibility index (Phi) is 4.03. The maximum absolute atomic E-state index is 5.70. The van der Waals surface area contributed by atoms with Crippen LogP contribution >= 0.6 is 0 Å². The van der Waals surface area contributed by atoms with Crippen molar-refractivity contribution in [2.75, 3.05) is 40.6 Å². The molecule has 3 heterocycles. The number of hydrogen-bond acceptors (Lipinski definition) is 6. The molecule has 0 unspecified atom stereocenters. The molecule has 2 aliphatic heterocycles. The summed E-state index contributed by atoms with van der Waals surface area (Å²) in [6.07, 6.45) is 3.72. The van der Waals surface area contributed by atoms with E-state index >= 15 is 0 Å². The zero-order chi connectivity index (χ0) is 16.5. The Bertz CT molecular complexity index is 730. The molecular formula is C17H20N2O5. The largest absolute Gasteiger partial charge is 0.496 e. The average molecular weight is 332 g/mol. The quantitative estimate of drug-likeness (QED) is 0.852. The van der Waals surface area contributed by atoms with Crippen LogP contribution in [0.3, 0.4) is 0 Å². The van der Waals surface area contributed by atoms with E-state index < -0.39 is 0 Å². The first-order chi connectivity index (χ1) is 11.8. The zero-order valence-electron chi connectivity index (χ0n) is 13.7. The predicted octanol–water partition coefficient (Wildman–Crippen LogP) is 1.92. The van der Waals surface area contributed by atoms with Crippen LogP contribution in [-0.4, -0.2) is 56.3 Å². The van der Waals surface area contributed by atoms with Gasteiger partial charge in [0.15, 0.2) is 11.5 Å². The molecule has 1 saturated heterocycles. The number of benzene rings is 1. The highest BCUT2D eigenvalue weighted by molar-refractivity contribution is 5.70. The fourth-order valence-corrected chi connectivity index (χ4v) is 3.21. The summed E-state index contributed by atoms with van der Waals surface area (Å²) in [5.74, 6) is 2.89. The van der Waals surface area contributed by atoms with Crippen LogP contribution in [0, 0.1) is 0 Å². The predicted molar refractivity (Wildman–Crippen MR) is 85.9 cm³/mol. The average Bonchev–Trinajstić information content (AvgIpc) is 3.28. The summed E-state index contributed by atoms with van der Waals surface area (Å²) >= 11 is 0. The maximum atomic E-state index is 5.70. The number of methoxy groups -OCH3 is 2. The minimum atomic E-state index is 0.00107. The number of hydrogen-bond donors (Lipinski definition) is 0. The Morgan fingerprint density at radius 2 is 1.92 bits per heavy atom. The van der Waals surface area contributed by atoms with Crippen molar-refractivity contribution in [3.63, 3.8) is 0 Å². The smallest absolute Gasteiger partial charge is 0.165 e. The van der Waals surface area contributed by atoms with Crippen LogP contribution in [0.4, 0.5) is 0 Å². The second-order valence-electron chi connectivity index (χ2n) is 5.73. The van der Waals surface area contributed by atoms with Crippen molar-refractivity contribution >= 4 is 0 Å². The van der Waals surface area contributed by atoms with Gasteiger partial charge in [-0.25, -0.2) is 4.98 Å². The molecule has 0 aliphatic carbocycles. The van der Waals surface area contributed by atoms with Gasteiger partial charge in [0.2, 0.25) is 0 Å². The normalized spacial score (nSPS) is 22.6. The van der Waals surface area contributed by atoms with Gasteiger partial charge < -0.3 is 28.3 Å². The lowest BCUT2D eigenvalue weighted by molar-refractivity contribution is 0.0688. The summed E-state index contributed by atoms with van der Waals surface area (Å²) in [7, 11) is 3.34. The summed E-state index contributed by atoms with van der Waals surface area (Å²) in [4.78, 5) is 4.53. The van der Waals surface area contributed by atoms with E-state index in [1.54, 1.807) is 20.4 Å². The van der Waals surface area contributed by atoms with Crippen LogP contribution < -0.4 is 14.2 Å². The van der Waals surface area contributed by atoms with Gasteiger partial charge in [0, 0.05) is 25.6 Å². The van der Waals surface area contributed by atoms with Crippen LogP contribution in [0.2, 0.25) is 0 Å².